The molecule has 0 unspecified atom stereocenters. The van der Waals surface area contributed by atoms with Gasteiger partial charge in [-0.3, -0.25) is 0 Å². The number of amides is 1. The maximum atomic E-state index is 10.0. The maximum Gasteiger partial charge on any atom is 0.405 e. The van der Waals surface area contributed by atoms with E-state index in [1.807, 2.05) is 0 Å². The zero-order valence-electron chi connectivity index (χ0n) is 8.72. The van der Waals surface area contributed by atoms with E-state index < -0.39 is 11.7 Å². The molecule has 0 bridgehead atoms. The predicted octanol–water partition coefficient (Wildman–Crippen LogP) is 1.74. The molecular weight excluding hydrogens is 168 g/mol. The van der Waals surface area contributed by atoms with Gasteiger partial charge >= 0.3 is 6.09 Å². The molecule has 0 aliphatic carbocycles. The van der Waals surface area contributed by atoms with E-state index in [-0.39, 0.29) is 2.85 Å². The molecule has 1 saturated heterocycles. The van der Waals surface area contributed by atoms with Crippen LogP contribution < -0.4 is 11.1 Å². The molecule has 82 valence electrons. The monoisotopic (exact) mass is 192 g/mol. The quantitative estimate of drug-likeness (QED) is 0.614. The van der Waals surface area contributed by atoms with Crippen LogP contribution in [0.25, 0.3) is 0 Å². The molecule has 1 amide bonds. The van der Waals surface area contributed by atoms with Crippen molar-refractivity contribution in [3.8, 4) is 0 Å². The van der Waals surface area contributed by atoms with Crippen LogP contribution in [0, 0.1) is 0 Å². The van der Waals surface area contributed by atoms with Crippen molar-refractivity contribution < 1.29 is 12.4 Å². The van der Waals surface area contributed by atoms with Crippen LogP contribution in [0.15, 0.2) is 0 Å². The Balaban J connectivity index is -0.000000180. The van der Waals surface area contributed by atoms with Crippen LogP contribution in [0.2, 0.25) is 0 Å². The molecule has 0 aromatic rings. The second kappa shape index (κ2) is 5.80. The topological polar surface area (TPSA) is 64.3 Å². The summed E-state index contributed by atoms with van der Waals surface area (Å²) in [6.07, 6.45) is 2.05. The number of rotatable bonds is 0. The highest BCUT2D eigenvalue weighted by Crippen LogP contribution is 2.04. The number of ether oxygens (including phenoxy) is 1. The SMILES string of the molecule is C1CCNC1.CC(C)(C)OC(N)=O.[HH].[HH]. The lowest BCUT2D eigenvalue weighted by Crippen LogP contribution is -2.27. The zero-order valence-corrected chi connectivity index (χ0v) is 8.72. The minimum Gasteiger partial charge on any atom is -0.444 e. The number of nitrogens with two attached hydrogens (primary N) is 1. The third-order valence-corrected chi connectivity index (χ3v) is 1.36. The molecule has 1 fully saturated rings. The van der Waals surface area contributed by atoms with Gasteiger partial charge in [-0.25, -0.2) is 4.79 Å². The maximum absolute atomic E-state index is 10.0. The first-order valence-corrected chi connectivity index (χ1v) is 4.61. The Labute approximate surface area is 82.8 Å². The van der Waals surface area contributed by atoms with Crippen molar-refractivity contribution in [2.75, 3.05) is 13.1 Å². The Morgan fingerprint density at radius 2 is 1.85 bits per heavy atom. The van der Waals surface area contributed by atoms with Crippen LogP contribution >= 0.6 is 0 Å². The van der Waals surface area contributed by atoms with E-state index in [0.29, 0.717) is 0 Å². The first-order valence-electron chi connectivity index (χ1n) is 4.61. The van der Waals surface area contributed by atoms with E-state index in [1.165, 1.54) is 25.9 Å². The molecule has 1 rings (SSSR count). The molecule has 13 heavy (non-hydrogen) atoms. The van der Waals surface area contributed by atoms with Crippen LogP contribution in [0.1, 0.15) is 36.5 Å². The van der Waals surface area contributed by atoms with E-state index >= 15 is 0 Å². The van der Waals surface area contributed by atoms with E-state index in [0.717, 1.165) is 0 Å². The van der Waals surface area contributed by atoms with E-state index in [1.54, 1.807) is 20.8 Å². The second-order valence-corrected chi connectivity index (χ2v) is 3.99. The third kappa shape index (κ3) is 11.2. The van der Waals surface area contributed by atoms with Crippen LogP contribution in [-0.4, -0.2) is 24.8 Å². The normalized spacial score (nSPS) is 15.9. The van der Waals surface area contributed by atoms with Gasteiger partial charge in [0.1, 0.15) is 5.60 Å². The van der Waals surface area contributed by atoms with Crippen molar-refractivity contribution in [1.82, 2.24) is 5.32 Å². The fourth-order valence-electron chi connectivity index (χ4n) is 0.927. The molecule has 1 aliphatic rings. The molecule has 0 atom stereocenters. The number of hydrogen-bond donors (Lipinski definition) is 2. The molecule has 0 aromatic heterocycles. The zero-order chi connectivity index (χ0) is 10.3. The van der Waals surface area contributed by atoms with Gasteiger partial charge in [-0.2, -0.15) is 0 Å². The number of primary amides is 1. The van der Waals surface area contributed by atoms with Crippen LogP contribution in [-0.2, 0) is 4.74 Å². The summed E-state index contributed by atoms with van der Waals surface area (Å²) in [5, 5.41) is 3.22. The average Bonchev–Trinajstić information content (AvgIpc) is 2.33. The largest absolute Gasteiger partial charge is 0.444 e. The molecule has 0 spiro atoms. The lowest BCUT2D eigenvalue weighted by Gasteiger charge is -2.16. The highest BCUT2D eigenvalue weighted by molar-refractivity contribution is 5.65. The lowest BCUT2D eigenvalue weighted by molar-refractivity contribution is 0.0600. The van der Waals surface area contributed by atoms with Gasteiger partial charge < -0.3 is 15.8 Å². The fraction of sp³-hybridized carbons (Fsp3) is 0.889. The van der Waals surface area contributed by atoms with Crippen molar-refractivity contribution in [2.45, 2.75) is 39.2 Å². The Hall–Kier alpha value is -0.770. The van der Waals surface area contributed by atoms with Gasteiger partial charge in [0, 0.05) is 2.85 Å². The molecule has 0 saturated carbocycles. The van der Waals surface area contributed by atoms with Gasteiger partial charge in [0.2, 0.25) is 0 Å². The first-order chi connectivity index (χ1) is 5.92. The Bertz CT molecular complexity index is 149. The molecule has 4 heteroatoms. The third-order valence-electron chi connectivity index (χ3n) is 1.36. The summed E-state index contributed by atoms with van der Waals surface area (Å²) >= 11 is 0. The van der Waals surface area contributed by atoms with Crippen LogP contribution in [0.5, 0.6) is 0 Å². The van der Waals surface area contributed by atoms with Crippen molar-refractivity contribution in [3.05, 3.63) is 0 Å². The summed E-state index contributed by atoms with van der Waals surface area (Å²) in [5.41, 5.74) is 4.26. The summed E-state index contributed by atoms with van der Waals surface area (Å²) in [4.78, 5) is 10.0. The van der Waals surface area contributed by atoms with Gasteiger partial charge in [-0.05, 0) is 46.7 Å². The molecule has 0 aromatic carbocycles. The highest BCUT2D eigenvalue weighted by atomic mass is 16.6. The minimum atomic E-state index is -0.725. The van der Waals surface area contributed by atoms with Crippen LogP contribution in [0.3, 0.4) is 0 Å². The summed E-state index contributed by atoms with van der Waals surface area (Å²) in [6.45, 7) is 7.78. The van der Waals surface area contributed by atoms with Gasteiger partial charge in [0.15, 0.2) is 0 Å². The molecule has 4 nitrogen and oxygen atoms in total. The average molecular weight is 192 g/mol. The summed E-state index contributed by atoms with van der Waals surface area (Å²) in [5.74, 6) is 0. The van der Waals surface area contributed by atoms with Crippen molar-refractivity contribution >= 4 is 6.09 Å². The summed E-state index contributed by atoms with van der Waals surface area (Å²) < 4.78 is 4.58. The number of carbonyl (C=O) groups is 1. The number of hydrogen-bond acceptors (Lipinski definition) is 3. The number of nitrogens with one attached hydrogen (secondary N) is 1. The Morgan fingerprint density at radius 3 is 1.92 bits per heavy atom. The van der Waals surface area contributed by atoms with Gasteiger partial charge in [-0.1, -0.05) is 0 Å². The second-order valence-electron chi connectivity index (χ2n) is 3.99. The van der Waals surface area contributed by atoms with Crippen molar-refractivity contribution in [1.29, 1.82) is 0 Å². The molecule has 1 aliphatic heterocycles. The molecule has 1 heterocycles. The molecule has 3 N–H and O–H groups in total. The first kappa shape index (κ1) is 12.2. The minimum absolute atomic E-state index is 0. The smallest absolute Gasteiger partial charge is 0.405 e. The van der Waals surface area contributed by atoms with E-state index in [4.69, 9.17) is 5.73 Å². The van der Waals surface area contributed by atoms with Crippen molar-refractivity contribution in [3.63, 3.8) is 0 Å². The van der Waals surface area contributed by atoms with Gasteiger partial charge in [0.05, 0.1) is 0 Å². The summed E-state index contributed by atoms with van der Waals surface area (Å²) in [6, 6.07) is 0. The Kier molecular flexibility index (Phi) is 5.46. The number of carbonyl (C=O) groups excluding carboxylic acids is 1. The van der Waals surface area contributed by atoms with Crippen molar-refractivity contribution in [2.24, 2.45) is 5.73 Å². The van der Waals surface area contributed by atoms with Crippen LogP contribution in [0.4, 0.5) is 4.79 Å². The van der Waals surface area contributed by atoms with Gasteiger partial charge in [-0.15, -0.1) is 0 Å². The standard InChI is InChI=1S/C5H11NO2.C4H9N.2H2/c1-5(2,3)8-4(6)7;1-2-4-5-3-1;;/h1-3H3,(H2,6,7);5H,1-4H2;2*1H. The lowest BCUT2D eigenvalue weighted by atomic mass is 10.2. The summed E-state index contributed by atoms with van der Waals surface area (Å²) in [7, 11) is 0. The van der Waals surface area contributed by atoms with E-state index in [9.17, 15) is 4.79 Å². The molecular formula is C9H24N2O2. The Morgan fingerprint density at radius 1 is 1.38 bits per heavy atom. The van der Waals surface area contributed by atoms with Gasteiger partial charge in [0.25, 0.3) is 0 Å². The molecule has 0 radical (unpaired) electrons. The fourth-order valence-corrected chi connectivity index (χ4v) is 0.927. The highest BCUT2D eigenvalue weighted by Gasteiger charge is 2.12. The van der Waals surface area contributed by atoms with E-state index in [2.05, 4.69) is 10.1 Å². The predicted molar refractivity (Wildman–Crippen MR) is 56.8 cm³/mol.